The summed E-state index contributed by atoms with van der Waals surface area (Å²) in [5.74, 6) is 1.69. The number of urea groups is 1. The zero-order valence-corrected chi connectivity index (χ0v) is 13.8. The zero-order valence-electron chi connectivity index (χ0n) is 13.8. The lowest BCUT2D eigenvalue weighted by Gasteiger charge is -2.25. The molecule has 0 aromatic heterocycles. The Morgan fingerprint density at radius 3 is 2.80 bits per heavy atom. The van der Waals surface area contributed by atoms with Crippen LogP contribution >= 0.6 is 0 Å². The molecule has 2 aliphatic rings. The molecule has 4 rings (SSSR count). The normalized spacial score (nSPS) is 18.4. The molecule has 25 heavy (non-hydrogen) atoms. The minimum Gasteiger partial charge on any atom is -0.508 e. The first-order valence-electron chi connectivity index (χ1n) is 8.42. The minimum absolute atomic E-state index is 0.0531. The van der Waals surface area contributed by atoms with Crippen molar-refractivity contribution in [1.29, 1.82) is 0 Å². The molecule has 0 radical (unpaired) electrons. The Labute approximate surface area is 146 Å². The highest BCUT2D eigenvalue weighted by molar-refractivity contribution is 5.75. The Bertz CT molecular complexity index is 775. The third kappa shape index (κ3) is 3.20. The fraction of sp³-hybridized carbons (Fsp3) is 0.316. The Balaban J connectivity index is 1.41. The van der Waals surface area contributed by atoms with E-state index >= 15 is 0 Å². The molecule has 130 valence electrons. The highest BCUT2D eigenvalue weighted by atomic mass is 16.7. The number of carbonyl (C=O) groups excluding carboxylic acids is 1. The number of ether oxygens (including phenoxy) is 2. The summed E-state index contributed by atoms with van der Waals surface area (Å²) in [6, 6.07) is 12.7. The van der Waals surface area contributed by atoms with Gasteiger partial charge in [0.2, 0.25) is 6.79 Å². The van der Waals surface area contributed by atoms with Crippen LogP contribution in [0.2, 0.25) is 0 Å². The molecule has 0 saturated carbocycles. The summed E-state index contributed by atoms with van der Waals surface area (Å²) in [5, 5.41) is 12.4. The van der Waals surface area contributed by atoms with Crippen molar-refractivity contribution in [1.82, 2.24) is 10.2 Å². The molecule has 0 bridgehead atoms. The SMILES string of the molecule is O=C(NCc1ccc2c(c1)OCO2)N1CCC[C@@H]1c1ccc(O)cc1. The number of carbonyl (C=O) groups is 1. The van der Waals surface area contributed by atoms with Gasteiger partial charge < -0.3 is 24.8 Å². The van der Waals surface area contributed by atoms with E-state index in [0.29, 0.717) is 6.54 Å². The third-order valence-corrected chi connectivity index (χ3v) is 4.67. The van der Waals surface area contributed by atoms with E-state index in [9.17, 15) is 9.90 Å². The molecule has 6 nitrogen and oxygen atoms in total. The number of amides is 2. The van der Waals surface area contributed by atoms with Gasteiger partial charge in [-0.3, -0.25) is 0 Å². The summed E-state index contributed by atoms with van der Waals surface area (Å²) in [7, 11) is 0. The summed E-state index contributed by atoms with van der Waals surface area (Å²) in [6.07, 6.45) is 1.91. The van der Waals surface area contributed by atoms with Crippen LogP contribution < -0.4 is 14.8 Å². The lowest BCUT2D eigenvalue weighted by Crippen LogP contribution is -2.39. The highest BCUT2D eigenvalue weighted by Gasteiger charge is 2.29. The number of likely N-dealkylation sites (tertiary alicyclic amines) is 1. The van der Waals surface area contributed by atoms with Crippen LogP contribution in [-0.2, 0) is 6.54 Å². The van der Waals surface area contributed by atoms with Gasteiger partial charge in [-0.15, -0.1) is 0 Å². The topological polar surface area (TPSA) is 71.0 Å². The molecule has 1 atom stereocenters. The number of fused-ring (bicyclic) bond motifs is 1. The maximum Gasteiger partial charge on any atom is 0.318 e. The monoisotopic (exact) mass is 340 g/mol. The van der Waals surface area contributed by atoms with Crippen molar-refractivity contribution in [3.63, 3.8) is 0 Å². The van der Waals surface area contributed by atoms with Crippen LogP contribution in [-0.4, -0.2) is 29.4 Å². The van der Waals surface area contributed by atoms with Crippen molar-refractivity contribution in [2.45, 2.75) is 25.4 Å². The van der Waals surface area contributed by atoms with E-state index in [-0.39, 0.29) is 24.6 Å². The first-order chi connectivity index (χ1) is 12.2. The molecule has 2 aliphatic heterocycles. The lowest BCUT2D eigenvalue weighted by molar-refractivity contribution is 0.174. The van der Waals surface area contributed by atoms with Crippen LogP contribution in [0.3, 0.4) is 0 Å². The van der Waals surface area contributed by atoms with Gasteiger partial charge in [0.25, 0.3) is 0 Å². The Morgan fingerprint density at radius 1 is 1.16 bits per heavy atom. The maximum atomic E-state index is 12.6. The summed E-state index contributed by atoms with van der Waals surface area (Å²) in [5.41, 5.74) is 2.02. The molecule has 2 N–H and O–H groups in total. The smallest absolute Gasteiger partial charge is 0.318 e. The average Bonchev–Trinajstić information content (AvgIpc) is 3.29. The van der Waals surface area contributed by atoms with E-state index in [4.69, 9.17) is 9.47 Å². The van der Waals surface area contributed by atoms with Gasteiger partial charge >= 0.3 is 6.03 Å². The minimum atomic E-state index is -0.0757. The molecular formula is C19H20N2O4. The molecule has 2 amide bonds. The summed E-state index contributed by atoms with van der Waals surface area (Å²) in [6.45, 7) is 1.42. The molecule has 0 unspecified atom stereocenters. The van der Waals surface area contributed by atoms with Gasteiger partial charge in [-0.25, -0.2) is 4.79 Å². The van der Waals surface area contributed by atoms with Crippen molar-refractivity contribution in [3.05, 3.63) is 53.6 Å². The van der Waals surface area contributed by atoms with Gasteiger partial charge in [-0.2, -0.15) is 0 Å². The van der Waals surface area contributed by atoms with Crippen LogP contribution in [0.4, 0.5) is 4.79 Å². The van der Waals surface area contributed by atoms with Crippen molar-refractivity contribution in [2.24, 2.45) is 0 Å². The third-order valence-electron chi connectivity index (χ3n) is 4.67. The molecular weight excluding hydrogens is 320 g/mol. The summed E-state index contributed by atoms with van der Waals surface area (Å²) >= 11 is 0. The Hall–Kier alpha value is -2.89. The van der Waals surface area contributed by atoms with Crippen molar-refractivity contribution in [2.75, 3.05) is 13.3 Å². The summed E-state index contributed by atoms with van der Waals surface area (Å²) in [4.78, 5) is 14.5. The van der Waals surface area contributed by atoms with Crippen LogP contribution in [0.5, 0.6) is 17.2 Å². The van der Waals surface area contributed by atoms with E-state index in [0.717, 1.165) is 42.0 Å². The molecule has 1 saturated heterocycles. The number of benzene rings is 2. The maximum absolute atomic E-state index is 12.6. The van der Waals surface area contributed by atoms with Crippen LogP contribution in [0.15, 0.2) is 42.5 Å². The number of rotatable bonds is 3. The average molecular weight is 340 g/mol. The molecule has 0 aliphatic carbocycles. The van der Waals surface area contributed by atoms with E-state index in [2.05, 4.69) is 5.32 Å². The lowest BCUT2D eigenvalue weighted by atomic mass is 10.0. The number of hydrogen-bond acceptors (Lipinski definition) is 4. The van der Waals surface area contributed by atoms with E-state index in [1.807, 2.05) is 35.2 Å². The molecule has 6 heteroatoms. The number of aromatic hydroxyl groups is 1. The molecule has 2 aromatic rings. The van der Waals surface area contributed by atoms with Crippen LogP contribution in [0.25, 0.3) is 0 Å². The van der Waals surface area contributed by atoms with Gasteiger partial charge in [0.1, 0.15) is 5.75 Å². The van der Waals surface area contributed by atoms with E-state index in [1.54, 1.807) is 12.1 Å². The van der Waals surface area contributed by atoms with Gasteiger partial charge in [-0.1, -0.05) is 18.2 Å². The molecule has 2 aromatic carbocycles. The largest absolute Gasteiger partial charge is 0.508 e. The fourth-order valence-corrected chi connectivity index (χ4v) is 3.38. The van der Waals surface area contributed by atoms with Crippen molar-refractivity contribution < 1.29 is 19.4 Å². The molecule has 0 spiro atoms. The second-order valence-corrected chi connectivity index (χ2v) is 6.29. The number of nitrogens with zero attached hydrogens (tertiary/aromatic N) is 1. The second kappa shape index (κ2) is 6.55. The number of nitrogens with one attached hydrogen (secondary N) is 1. The van der Waals surface area contributed by atoms with Crippen LogP contribution in [0.1, 0.15) is 30.0 Å². The predicted octanol–water partition coefficient (Wildman–Crippen LogP) is 3.17. The second-order valence-electron chi connectivity index (χ2n) is 6.29. The quantitative estimate of drug-likeness (QED) is 0.900. The predicted molar refractivity (Wildman–Crippen MR) is 91.6 cm³/mol. The number of hydrogen-bond donors (Lipinski definition) is 2. The standard InChI is InChI=1S/C19H20N2O4/c22-15-6-4-14(5-7-15)16-2-1-9-21(16)19(23)20-11-13-3-8-17-18(10-13)25-12-24-17/h3-8,10,16,22H,1-2,9,11-12H2,(H,20,23)/t16-/m1/s1. The van der Waals surface area contributed by atoms with E-state index < -0.39 is 0 Å². The van der Waals surface area contributed by atoms with Crippen molar-refractivity contribution in [3.8, 4) is 17.2 Å². The van der Waals surface area contributed by atoms with E-state index in [1.165, 1.54) is 0 Å². The summed E-state index contributed by atoms with van der Waals surface area (Å²) < 4.78 is 10.7. The highest BCUT2D eigenvalue weighted by Crippen LogP contribution is 2.34. The van der Waals surface area contributed by atoms with Gasteiger partial charge in [0.05, 0.1) is 6.04 Å². The van der Waals surface area contributed by atoms with Gasteiger partial charge in [0, 0.05) is 13.1 Å². The van der Waals surface area contributed by atoms with Gasteiger partial charge in [0.15, 0.2) is 11.5 Å². The van der Waals surface area contributed by atoms with Gasteiger partial charge in [-0.05, 0) is 48.2 Å². The zero-order chi connectivity index (χ0) is 17.2. The Kier molecular flexibility index (Phi) is 4.09. The fourth-order valence-electron chi connectivity index (χ4n) is 3.38. The number of phenols is 1. The first-order valence-corrected chi connectivity index (χ1v) is 8.42. The molecule has 2 heterocycles. The van der Waals surface area contributed by atoms with Crippen molar-refractivity contribution >= 4 is 6.03 Å². The molecule has 1 fully saturated rings. The van der Waals surface area contributed by atoms with Crippen LogP contribution in [0, 0.1) is 0 Å². The Morgan fingerprint density at radius 2 is 1.96 bits per heavy atom. The number of phenolic OH excluding ortho intramolecular Hbond substituents is 1. The first kappa shape index (κ1) is 15.6.